The molecular formula is C16H30N4O. The van der Waals surface area contributed by atoms with Gasteiger partial charge in [-0.05, 0) is 47.3 Å². The van der Waals surface area contributed by atoms with Crippen LogP contribution in [0.15, 0.2) is 0 Å². The second-order valence-electron chi connectivity index (χ2n) is 6.97. The van der Waals surface area contributed by atoms with Gasteiger partial charge in [-0.1, -0.05) is 0 Å². The molecule has 1 fully saturated rings. The number of aryl methyl sites for hydroxylation is 1. The van der Waals surface area contributed by atoms with Gasteiger partial charge >= 0.3 is 0 Å². The van der Waals surface area contributed by atoms with Crippen LogP contribution in [0.1, 0.15) is 30.1 Å². The Balaban J connectivity index is 2.08. The van der Waals surface area contributed by atoms with E-state index in [1.54, 1.807) is 0 Å². The Morgan fingerprint density at radius 3 is 2.57 bits per heavy atom. The largest absolute Gasteiger partial charge is 0.396 e. The minimum atomic E-state index is 0.0109. The second kappa shape index (κ2) is 6.46. The maximum absolute atomic E-state index is 9.90. The molecule has 1 saturated heterocycles. The first-order valence-corrected chi connectivity index (χ1v) is 7.83. The average molecular weight is 294 g/mol. The predicted molar refractivity (Wildman–Crippen MR) is 85.3 cm³/mol. The van der Waals surface area contributed by atoms with E-state index in [0.717, 1.165) is 50.5 Å². The Kier molecular flexibility index (Phi) is 5.07. The number of rotatable bonds is 5. The van der Waals surface area contributed by atoms with Gasteiger partial charge in [0.15, 0.2) is 0 Å². The quantitative estimate of drug-likeness (QED) is 0.885. The number of aromatic nitrogens is 2. The lowest BCUT2D eigenvalue weighted by atomic mass is 9.80. The zero-order valence-corrected chi connectivity index (χ0v) is 14.2. The van der Waals surface area contributed by atoms with Gasteiger partial charge in [0.05, 0.1) is 18.8 Å². The Morgan fingerprint density at radius 2 is 2.05 bits per heavy atom. The molecule has 0 bridgehead atoms. The number of aliphatic hydroxyl groups is 1. The molecule has 2 heterocycles. The van der Waals surface area contributed by atoms with E-state index >= 15 is 0 Å². The molecule has 1 N–H and O–H groups in total. The summed E-state index contributed by atoms with van der Waals surface area (Å²) in [5.41, 5.74) is 2.37. The third-order valence-electron chi connectivity index (χ3n) is 4.80. The lowest BCUT2D eigenvalue weighted by Crippen LogP contribution is -2.50. The van der Waals surface area contributed by atoms with Crippen molar-refractivity contribution >= 4 is 0 Å². The number of piperidine rings is 1. The molecule has 0 amide bonds. The lowest BCUT2D eigenvalue weighted by molar-refractivity contribution is 0.00938. The molecular weight excluding hydrogens is 264 g/mol. The third-order valence-corrected chi connectivity index (χ3v) is 4.80. The SMILES string of the molecule is Cc1nc(CN2CCCC(CO)(CN(C)C)C2)n(C)c1C. The number of likely N-dealkylation sites (tertiary alicyclic amines) is 1. The van der Waals surface area contributed by atoms with Crippen molar-refractivity contribution in [3.63, 3.8) is 0 Å². The minimum Gasteiger partial charge on any atom is -0.396 e. The van der Waals surface area contributed by atoms with Gasteiger partial charge in [-0.25, -0.2) is 4.98 Å². The van der Waals surface area contributed by atoms with Crippen molar-refractivity contribution in [1.29, 1.82) is 0 Å². The Bertz CT molecular complexity index is 483. The van der Waals surface area contributed by atoms with Crippen LogP contribution in [0.2, 0.25) is 0 Å². The summed E-state index contributed by atoms with van der Waals surface area (Å²) in [7, 11) is 6.26. The molecule has 2 rings (SSSR count). The van der Waals surface area contributed by atoms with Crippen LogP contribution in [0, 0.1) is 19.3 Å². The highest BCUT2D eigenvalue weighted by atomic mass is 16.3. The van der Waals surface area contributed by atoms with E-state index in [0.29, 0.717) is 0 Å². The van der Waals surface area contributed by atoms with Crippen molar-refractivity contribution in [1.82, 2.24) is 19.4 Å². The summed E-state index contributed by atoms with van der Waals surface area (Å²) in [6, 6.07) is 0. The molecule has 5 heteroatoms. The Labute approximate surface area is 128 Å². The van der Waals surface area contributed by atoms with Crippen LogP contribution in [-0.4, -0.2) is 64.8 Å². The van der Waals surface area contributed by atoms with Crippen molar-refractivity contribution < 1.29 is 5.11 Å². The van der Waals surface area contributed by atoms with Gasteiger partial charge in [-0.3, -0.25) is 4.90 Å². The highest BCUT2D eigenvalue weighted by Gasteiger charge is 2.35. The van der Waals surface area contributed by atoms with Gasteiger partial charge in [-0.2, -0.15) is 0 Å². The summed E-state index contributed by atoms with van der Waals surface area (Å²) in [5.74, 6) is 1.13. The molecule has 0 spiro atoms. The lowest BCUT2D eigenvalue weighted by Gasteiger charge is -2.43. The van der Waals surface area contributed by atoms with Crippen LogP contribution in [0.4, 0.5) is 0 Å². The molecule has 1 aromatic heterocycles. The normalized spacial score (nSPS) is 24.0. The van der Waals surface area contributed by atoms with E-state index in [-0.39, 0.29) is 12.0 Å². The molecule has 0 aliphatic carbocycles. The van der Waals surface area contributed by atoms with Gasteiger partial charge in [0.25, 0.3) is 0 Å². The zero-order valence-electron chi connectivity index (χ0n) is 14.2. The topological polar surface area (TPSA) is 44.5 Å². The Morgan fingerprint density at radius 1 is 1.33 bits per heavy atom. The summed E-state index contributed by atoms with van der Waals surface area (Å²) < 4.78 is 2.19. The smallest absolute Gasteiger partial charge is 0.123 e. The first kappa shape index (κ1) is 16.5. The van der Waals surface area contributed by atoms with Crippen LogP contribution in [-0.2, 0) is 13.6 Å². The summed E-state index contributed by atoms with van der Waals surface area (Å²) in [6.45, 7) is 8.32. The maximum atomic E-state index is 9.90. The summed E-state index contributed by atoms with van der Waals surface area (Å²) in [6.07, 6.45) is 2.26. The summed E-state index contributed by atoms with van der Waals surface area (Å²) in [5, 5.41) is 9.90. The first-order valence-electron chi connectivity index (χ1n) is 7.83. The molecule has 1 aliphatic rings. The second-order valence-corrected chi connectivity index (χ2v) is 6.97. The van der Waals surface area contributed by atoms with E-state index in [2.05, 4.69) is 54.3 Å². The maximum Gasteiger partial charge on any atom is 0.123 e. The fourth-order valence-electron chi connectivity index (χ4n) is 3.55. The van der Waals surface area contributed by atoms with Crippen LogP contribution >= 0.6 is 0 Å². The van der Waals surface area contributed by atoms with Gasteiger partial charge in [-0.15, -0.1) is 0 Å². The molecule has 1 unspecified atom stereocenters. The van der Waals surface area contributed by atoms with E-state index in [9.17, 15) is 5.11 Å². The van der Waals surface area contributed by atoms with Gasteiger partial charge in [0.1, 0.15) is 5.82 Å². The first-order chi connectivity index (χ1) is 9.87. The predicted octanol–water partition coefficient (Wildman–Crippen LogP) is 1.17. The number of imidazole rings is 1. The summed E-state index contributed by atoms with van der Waals surface area (Å²) in [4.78, 5) is 9.32. The highest BCUT2D eigenvalue weighted by molar-refractivity contribution is 5.13. The molecule has 120 valence electrons. The van der Waals surface area contributed by atoms with Crippen LogP contribution in [0.25, 0.3) is 0 Å². The molecule has 1 aromatic rings. The van der Waals surface area contributed by atoms with Crippen molar-refractivity contribution in [2.24, 2.45) is 12.5 Å². The fraction of sp³-hybridized carbons (Fsp3) is 0.812. The minimum absolute atomic E-state index is 0.0109. The molecule has 1 aliphatic heterocycles. The van der Waals surface area contributed by atoms with Crippen molar-refractivity contribution in [3.05, 3.63) is 17.2 Å². The zero-order chi connectivity index (χ0) is 15.6. The van der Waals surface area contributed by atoms with E-state index < -0.39 is 0 Å². The standard InChI is InChI=1S/C16H30N4O/c1-13-14(2)19(5)15(17-13)9-20-8-6-7-16(11-20,12-21)10-18(3)4/h21H,6-12H2,1-5H3. The Hall–Kier alpha value is -0.910. The number of nitrogens with zero attached hydrogens (tertiary/aromatic N) is 4. The number of hydrogen-bond acceptors (Lipinski definition) is 4. The number of aliphatic hydroxyl groups excluding tert-OH is 1. The monoisotopic (exact) mass is 294 g/mol. The van der Waals surface area contributed by atoms with Gasteiger partial charge < -0.3 is 14.6 Å². The molecule has 0 radical (unpaired) electrons. The highest BCUT2D eigenvalue weighted by Crippen LogP contribution is 2.31. The van der Waals surface area contributed by atoms with E-state index in [1.807, 2.05) is 0 Å². The molecule has 0 saturated carbocycles. The van der Waals surface area contributed by atoms with E-state index in [4.69, 9.17) is 0 Å². The van der Waals surface area contributed by atoms with Crippen molar-refractivity contribution in [2.45, 2.75) is 33.2 Å². The van der Waals surface area contributed by atoms with Gasteiger partial charge in [0, 0.05) is 31.2 Å². The molecule has 21 heavy (non-hydrogen) atoms. The van der Waals surface area contributed by atoms with Crippen molar-refractivity contribution in [2.75, 3.05) is 40.3 Å². The van der Waals surface area contributed by atoms with Gasteiger partial charge in [0.2, 0.25) is 0 Å². The van der Waals surface area contributed by atoms with Crippen molar-refractivity contribution in [3.8, 4) is 0 Å². The fourth-order valence-corrected chi connectivity index (χ4v) is 3.55. The van der Waals surface area contributed by atoms with Crippen LogP contribution in [0.3, 0.4) is 0 Å². The van der Waals surface area contributed by atoms with E-state index in [1.165, 1.54) is 5.69 Å². The molecule has 0 aromatic carbocycles. The number of hydrogen-bond donors (Lipinski definition) is 1. The van der Waals surface area contributed by atoms with Crippen LogP contribution in [0.5, 0.6) is 0 Å². The third kappa shape index (κ3) is 3.65. The average Bonchev–Trinajstić information content (AvgIpc) is 2.66. The van der Waals surface area contributed by atoms with Crippen LogP contribution < -0.4 is 0 Å². The molecule has 5 nitrogen and oxygen atoms in total. The summed E-state index contributed by atoms with van der Waals surface area (Å²) >= 11 is 0. The molecule has 1 atom stereocenters.